The highest BCUT2D eigenvalue weighted by atomic mass is 16.6. The Balaban J connectivity index is 1.94. The molecular weight excluding hydrogens is 484 g/mol. The molecular formula is C27H24N8O3. The summed E-state index contributed by atoms with van der Waals surface area (Å²) in [5.74, 6) is -0.306. The molecule has 0 bridgehead atoms. The van der Waals surface area contributed by atoms with Crippen molar-refractivity contribution in [2.24, 2.45) is 15.3 Å². The second kappa shape index (κ2) is 13.6. The number of non-ortho nitro benzene ring substituents is 1. The van der Waals surface area contributed by atoms with Gasteiger partial charge in [0, 0.05) is 42.0 Å². The molecule has 0 unspecified atom stereocenters. The number of carbonyl (C=O) groups is 1. The molecule has 3 aromatic carbocycles. The van der Waals surface area contributed by atoms with Gasteiger partial charge in [-0.1, -0.05) is 18.2 Å². The maximum atomic E-state index is 12.6. The molecule has 0 aliphatic heterocycles. The van der Waals surface area contributed by atoms with Crippen molar-refractivity contribution in [3.05, 3.63) is 99.6 Å². The molecule has 0 aromatic heterocycles. The molecule has 3 rings (SSSR count). The predicted molar refractivity (Wildman–Crippen MR) is 142 cm³/mol. The summed E-state index contributed by atoms with van der Waals surface area (Å²) in [7, 11) is 0. The van der Waals surface area contributed by atoms with E-state index < -0.39 is 10.8 Å². The van der Waals surface area contributed by atoms with Crippen LogP contribution in [0.5, 0.6) is 0 Å². The van der Waals surface area contributed by atoms with Crippen LogP contribution in [0.15, 0.2) is 88.1 Å². The molecule has 0 aliphatic rings. The van der Waals surface area contributed by atoms with Gasteiger partial charge in [0.05, 0.1) is 35.6 Å². The first-order chi connectivity index (χ1) is 18.4. The summed E-state index contributed by atoms with van der Waals surface area (Å²) in [6.07, 6.45) is 0.627. The van der Waals surface area contributed by atoms with Gasteiger partial charge < -0.3 is 4.90 Å². The van der Waals surface area contributed by atoms with Crippen molar-refractivity contribution < 1.29 is 9.72 Å². The van der Waals surface area contributed by atoms with Crippen molar-refractivity contribution in [1.82, 2.24) is 5.43 Å². The van der Waals surface area contributed by atoms with Gasteiger partial charge in [-0.25, -0.2) is 5.43 Å². The van der Waals surface area contributed by atoms with Crippen LogP contribution in [-0.4, -0.2) is 29.8 Å². The van der Waals surface area contributed by atoms with Gasteiger partial charge in [0.1, 0.15) is 0 Å². The molecule has 38 heavy (non-hydrogen) atoms. The van der Waals surface area contributed by atoms with Crippen molar-refractivity contribution in [3.63, 3.8) is 0 Å². The molecule has 11 nitrogen and oxygen atoms in total. The normalized spacial score (nSPS) is 11.0. The van der Waals surface area contributed by atoms with Crippen molar-refractivity contribution in [3.8, 4) is 12.1 Å². The van der Waals surface area contributed by atoms with Crippen LogP contribution < -0.4 is 10.3 Å². The first-order valence-electron chi connectivity index (χ1n) is 11.6. The number of hydrazone groups is 1. The van der Waals surface area contributed by atoms with E-state index in [1.165, 1.54) is 24.3 Å². The monoisotopic (exact) mass is 508 g/mol. The second-order valence-electron chi connectivity index (χ2n) is 8.02. The third-order valence-electron chi connectivity index (χ3n) is 5.42. The molecule has 0 atom stereocenters. The number of amidine groups is 1. The average molecular weight is 509 g/mol. The number of anilines is 1. The molecule has 1 N–H and O–H groups in total. The lowest BCUT2D eigenvalue weighted by Gasteiger charge is -2.23. The van der Waals surface area contributed by atoms with Crippen molar-refractivity contribution in [2.75, 3.05) is 18.0 Å². The maximum Gasteiger partial charge on any atom is 0.271 e. The molecule has 0 saturated heterocycles. The summed E-state index contributed by atoms with van der Waals surface area (Å²) < 4.78 is 0. The number of azo groups is 1. The molecule has 0 spiro atoms. The van der Waals surface area contributed by atoms with Crippen LogP contribution in [-0.2, 0) is 0 Å². The summed E-state index contributed by atoms with van der Waals surface area (Å²) in [6.45, 7) is 2.80. The topological polar surface area (TPSA) is 160 Å². The van der Waals surface area contributed by atoms with Gasteiger partial charge >= 0.3 is 0 Å². The number of amides is 1. The molecule has 0 aliphatic carbocycles. The quantitative estimate of drug-likeness (QED) is 0.127. The van der Waals surface area contributed by atoms with Gasteiger partial charge in [0.15, 0.2) is 0 Å². The fraction of sp³-hybridized carbons (Fsp3) is 0.185. The van der Waals surface area contributed by atoms with E-state index in [-0.39, 0.29) is 11.5 Å². The Morgan fingerprint density at radius 2 is 1.66 bits per heavy atom. The number of hydrogen-bond acceptors (Lipinski definition) is 8. The van der Waals surface area contributed by atoms with E-state index in [9.17, 15) is 14.9 Å². The van der Waals surface area contributed by atoms with Gasteiger partial charge in [0.25, 0.3) is 11.6 Å². The van der Waals surface area contributed by atoms with E-state index in [0.717, 1.165) is 11.3 Å². The average Bonchev–Trinajstić information content (AvgIpc) is 2.94. The minimum absolute atomic E-state index is 0.0725. The highest BCUT2D eigenvalue weighted by molar-refractivity contribution is 6.02. The first-order valence-corrected chi connectivity index (χ1v) is 11.6. The predicted octanol–water partition coefficient (Wildman–Crippen LogP) is 5.41. The summed E-state index contributed by atoms with van der Waals surface area (Å²) in [5, 5.41) is 41.5. The van der Waals surface area contributed by atoms with Crippen LogP contribution in [0.3, 0.4) is 0 Å². The highest BCUT2D eigenvalue weighted by Crippen LogP contribution is 2.23. The van der Waals surface area contributed by atoms with Crippen LogP contribution >= 0.6 is 0 Å². The third kappa shape index (κ3) is 7.54. The number of hydrogen-bond donors (Lipinski definition) is 1. The number of rotatable bonds is 10. The largest absolute Gasteiger partial charge is 0.369 e. The van der Waals surface area contributed by atoms with Crippen molar-refractivity contribution in [1.29, 1.82) is 10.5 Å². The molecule has 0 saturated carbocycles. The van der Waals surface area contributed by atoms with E-state index in [2.05, 4.69) is 32.9 Å². The fourth-order valence-corrected chi connectivity index (χ4v) is 3.48. The summed E-state index contributed by atoms with van der Waals surface area (Å²) >= 11 is 0. The lowest BCUT2D eigenvalue weighted by atomic mass is 10.1. The number of nitriles is 2. The van der Waals surface area contributed by atoms with E-state index in [1.807, 2.05) is 24.0 Å². The number of nitro groups is 1. The number of nitrogens with one attached hydrogen (secondary N) is 1. The Morgan fingerprint density at radius 3 is 2.24 bits per heavy atom. The number of aryl methyl sites for hydroxylation is 1. The standard InChI is InChI=1S/C27H24N8O3/c1-20-19-24(34(17-5-15-28)18-6-16-29)13-14-25(20)26(32-33-27(36)21-7-3-2-4-8-21)31-30-22-9-11-23(12-10-22)35(37)38/h2-4,7-14,19H,5-6,17-18H2,1H3,(H,33,36)/b31-30?,32-26-. The Labute approximate surface area is 219 Å². The van der Waals surface area contributed by atoms with Crippen molar-refractivity contribution in [2.45, 2.75) is 19.8 Å². The molecule has 0 heterocycles. The maximum absolute atomic E-state index is 12.6. The third-order valence-corrected chi connectivity index (χ3v) is 5.42. The fourth-order valence-electron chi connectivity index (χ4n) is 3.48. The molecule has 0 fully saturated rings. The molecule has 1 amide bonds. The van der Waals surface area contributed by atoms with E-state index in [4.69, 9.17) is 10.5 Å². The summed E-state index contributed by atoms with van der Waals surface area (Å²) in [6, 6.07) is 23.9. The van der Waals surface area contributed by atoms with Crippen LogP contribution in [0.1, 0.15) is 34.3 Å². The van der Waals surface area contributed by atoms with Gasteiger partial charge in [-0.15, -0.1) is 15.3 Å². The summed E-state index contributed by atoms with van der Waals surface area (Å²) in [5.41, 5.74) is 5.41. The van der Waals surface area contributed by atoms with Crippen LogP contribution in [0.2, 0.25) is 0 Å². The van der Waals surface area contributed by atoms with Crippen LogP contribution in [0.25, 0.3) is 0 Å². The number of nitrogens with zero attached hydrogens (tertiary/aromatic N) is 7. The van der Waals surface area contributed by atoms with Crippen LogP contribution in [0, 0.1) is 39.7 Å². The number of benzene rings is 3. The molecule has 3 aromatic rings. The molecule has 11 heteroatoms. The Kier molecular flexibility index (Phi) is 9.73. The van der Waals surface area contributed by atoms with Crippen LogP contribution in [0.4, 0.5) is 17.1 Å². The van der Waals surface area contributed by atoms with Gasteiger partial charge in [-0.05, 0) is 55.0 Å². The van der Waals surface area contributed by atoms with E-state index >= 15 is 0 Å². The Bertz CT molecular complexity index is 1400. The van der Waals surface area contributed by atoms with Gasteiger partial charge in [0.2, 0.25) is 5.84 Å². The van der Waals surface area contributed by atoms with E-state index in [0.29, 0.717) is 42.7 Å². The van der Waals surface area contributed by atoms with Gasteiger partial charge in [-0.3, -0.25) is 14.9 Å². The zero-order chi connectivity index (χ0) is 27.3. The lowest BCUT2D eigenvalue weighted by molar-refractivity contribution is -0.384. The zero-order valence-corrected chi connectivity index (χ0v) is 20.6. The Morgan fingerprint density at radius 1 is 1.00 bits per heavy atom. The Hall–Kier alpha value is -5.42. The molecule has 190 valence electrons. The summed E-state index contributed by atoms with van der Waals surface area (Å²) in [4.78, 5) is 24.9. The van der Waals surface area contributed by atoms with Crippen molar-refractivity contribution >= 4 is 28.8 Å². The zero-order valence-electron chi connectivity index (χ0n) is 20.6. The highest BCUT2D eigenvalue weighted by Gasteiger charge is 2.13. The minimum Gasteiger partial charge on any atom is -0.369 e. The number of carbonyl (C=O) groups excluding carboxylic acids is 1. The second-order valence-corrected chi connectivity index (χ2v) is 8.02. The lowest BCUT2D eigenvalue weighted by Crippen LogP contribution is -2.25. The smallest absolute Gasteiger partial charge is 0.271 e. The van der Waals surface area contributed by atoms with E-state index in [1.54, 1.807) is 36.4 Å². The number of nitro benzene ring substituents is 1. The van der Waals surface area contributed by atoms with Gasteiger partial charge in [-0.2, -0.15) is 10.5 Å². The molecule has 0 radical (unpaired) electrons. The first kappa shape index (κ1) is 27.2. The minimum atomic E-state index is -0.506. The SMILES string of the molecule is Cc1cc(N(CCC#N)CCC#N)ccc1/C(N=Nc1ccc([N+](=O)[O-])cc1)=N/NC(=O)c1ccccc1.